The molecule has 0 N–H and O–H groups in total. The van der Waals surface area contributed by atoms with Crippen LogP contribution in [-0.2, 0) is 4.79 Å². The number of anilines is 1. The first kappa shape index (κ1) is 18.2. The van der Waals surface area contributed by atoms with Crippen molar-refractivity contribution in [1.82, 2.24) is 4.90 Å². The second-order valence-electron chi connectivity index (χ2n) is 7.47. The van der Waals surface area contributed by atoms with Gasteiger partial charge in [-0.25, -0.2) is 8.78 Å². The van der Waals surface area contributed by atoms with Gasteiger partial charge in [-0.05, 0) is 50.2 Å². The maximum Gasteiger partial charge on any atom is 0.209 e. The molecule has 5 heteroatoms. The Hall–Kier alpha value is -1.65. The number of halogens is 2. The van der Waals surface area contributed by atoms with Crippen molar-refractivity contribution >= 4 is 12.1 Å². The molecule has 1 aliphatic heterocycles. The normalized spacial score (nSPS) is 22.0. The first-order valence-electron chi connectivity index (χ1n) is 9.58. The SMILES string of the molecule is O=CN(CCC1CCCN(c2cc(F)ccc2F)C1)C1CCCCC1. The Morgan fingerprint density at radius 1 is 1.12 bits per heavy atom. The Morgan fingerprint density at radius 3 is 2.68 bits per heavy atom. The zero-order chi connectivity index (χ0) is 17.6. The minimum atomic E-state index is -0.400. The summed E-state index contributed by atoms with van der Waals surface area (Å²) in [6.45, 7) is 2.27. The van der Waals surface area contributed by atoms with Crippen LogP contribution in [0.3, 0.4) is 0 Å². The molecule has 2 aliphatic rings. The van der Waals surface area contributed by atoms with Gasteiger partial charge in [0.05, 0.1) is 5.69 Å². The third-order valence-corrected chi connectivity index (χ3v) is 5.74. The van der Waals surface area contributed by atoms with E-state index in [0.717, 1.165) is 64.2 Å². The number of carbonyl (C=O) groups is 1. The van der Waals surface area contributed by atoms with Crippen LogP contribution in [0.25, 0.3) is 0 Å². The second-order valence-corrected chi connectivity index (χ2v) is 7.47. The number of hydrogen-bond acceptors (Lipinski definition) is 2. The van der Waals surface area contributed by atoms with Crippen molar-refractivity contribution in [2.75, 3.05) is 24.5 Å². The smallest absolute Gasteiger partial charge is 0.209 e. The molecule has 25 heavy (non-hydrogen) atoms. The number of amides is 1. The second kappa shape index (κ2) is 8.63. The molecule has 1 aliphatic carbocycles. The molecular weight excluding hydrogens is 322 g/mol. The van der Waals surface area contributed by atoms with E-state index in [0.29, 0.717) is 17.6 Å². The minimum absolute atomic E-state index is 0.362. The molecule has 0 aromatic heterocycles. The monoisotopic (exact) mass is 350 g/mol. The Kier molecular flexibility index (Phi) is 6.27. The number of carbonyl (C=O) groups excluding carboxylic acids is 1. The van der Waals surface area contributed by atoms with Gasteiger partial charge >= 0.3 is 0 Å². The fraction of sp³-hybridized carbons (Fsp3) is 0.650. The Labute approximate surface area is 149 Å². The van der Waals surface area contributed by atoms with Crippen molar-refractivity contribution in [2.24, 2.45) is 5.92 Å². The van der Waals surface area contributed by atoms with Crippen LogP contribution in [0.2, 0.25) is 0 Å². The molecule has 2 fully saturated rings. The fourth-order valence-electron chi connectivity index (χ4n) is 4.31. The molecule has 1 unspecified atom stereocenters. The molecule has 3 rings (SSSR count). The molecule has 0 radical (unpaired) electrons. The summed E-state index contributed by atoms with van der Waals surface area (Å²) in [4.78, 5) is 15.4. The molecule has 0 bridgehead atoms. The van der Waals surface area contributed by atoms with Crippen molar-refractivity contribution in [2.45, 2.75) is 57.4 Å². The topological polar surface area (TPSA) is 23.6 Å². The summed E-state index contributed by atoms with van der Waals surface area (Å²) in [5.74, 6) is -0.343. The maximum absolute atomic E-state index is 14.0. The number of nitrogens with zero attached hydrogens (tertiary/aromatic N) is 2. The Morgan fingerprint density at radius 2 is 1.92 bits per heavy atom. The number of hydrogen-bond donors (Lipinski definition) is 0. The molecule has 1 aromatic rings. The van der Waals surface area contributed by atoms with Crippen molar-refractivity contribution < 1.29 is 13.6 Å². The highest BCUT2D eigenvalue weighted by atomic mass is 19.1. The molecule has 1 amide bonds. The predicted octanol–water partition coefficient (Wildman–Crippen LogP) is 4.36. The first-order valence-corrected chi connectivity index (χ1v) is 9.58. The number of piperidine rings is 1. The minimum Gasteiger partial charge on any atom is -0.369 e. The van der Waals surface area contributed by atoms with Gasteiger partial charge in [0.2, 0.25) is 6.41 Å². The number of rotatable bonds is 6. The molecule has 138 valence electrons. The van der Waals surface area contributed by atoms with Crippen molar-refractivity contribution in [3.63, 3.8) is 0 Å². The van der Waals surface area contributed by atoms with Crippen LogP contribution in [0.5, 0.6) is 0 Å². The van der Waals surface area contributed by atoms with E-state index in [-0.39, 0.29) is 5.82 Å². The Balaban J connectivity index is 1.56. The van der Waals surface area contributed by atoms with Crippen LogP contribution >= 0.6 is 0 Å². The van der Waals surface area contributed by atoms with E-state index in [1.807, 2.05) is 9.80 Å². The molecule has 1 saturated carbocycles. The molecular formula is C20H28F2N2O. The van der Waals surface area contributed by atoms with E-state index < -0.39 is 5.82 Å². The maximum atomic E-state index is 14.0. The average molecular weight is 350 g/mol. The van der Waals surface area contributed by atoms with Crippen molar-refractivity contribution in [3.05, 3.63) is 29.8 Å². The van der Waals surface area contributed by atoms with Crippen LogP contribution < -0.4 is 4.90 Å². The van der Waals surface area contributed by atoms with Crippen LogP contribution in [0, 0.1) is 17.6 Å². The standard InChI is InChI=1S/C20H28F2N2O/c21-17-8-9-19(22)20(13-17)23-11-4-5-16(14-23)10-12-24(15-25)18-6-2-1-3-7-18/h8-9,13,15-16,18H,1-7,10-12,14H2. The van der Waals surface area contributed by atoms with Crippen molar-refractivity contribution in [3.8, 4) is 0 Å². The lowest BCUT2D eigenvalue weighted by molar-refractivity contribution is -0.121. The van der Waals surface area contributed by atoms with Gasteiger partial charge in [0.1, 0.15) is 11.6 Å². The summed E-state index contributed by atoms with van der Waals surface area (Å²) in [6.07, 6.45) is 9.94. The molecule has 1 saturated heterocycles. The Bertz CT molecular complexity index is 575. The van der Waals surface area contributed by atoms with Crippen LogP contribution in [-0.4, -0.2) is 37.0 Å². The molecule has 1 aromatic carbocycles. The van der Waals surface area contributed by atoms with E-state index in [1.54, 1.807) is 0 Å². The van der Waals surface area contributed by atoms with Crippen LogP contribution in [0.15, 0.2) is 18.2 Å². The highest BCUT2D eigenvalue weighted by Gasteiger charge is 2.25. The van der Waals surface area contributed by atoms with Gasteiger partial charge in [-0.2, -0.15) is 0 Å². The van der Waals surface area contributed by atoms with E-state index >= 15 is 0 Å². The van der Waals surface area contributed by atoms with Gasteiger partial charge in [-0.1, -0.05) is 19.3 Å². The van der Waals surface area contributed by atoms with Gasteiger partial charge in [0.15, 0.2) is 0 Å². The lowest BCUT2D eigenvalue weighted by Crippen LogP contribution is -2.40. The zero-order valence-corrected chi connectivity index (χ0v) is 14.8. The highest BCUT2D eigenvalue weighted by molar-refractivity contribution is 5.49. The van der Waals surface area contributed by atoms with E-state index in [4.69, 9.17) is 0 Å². The summed E-state index contributed by atoms with van der Waals surface area (Å²) in [6, 6.07) is 4.04. The van der Waals surface area contributed by atoms with Crippen molar-refractivity contribution in [1.29, 1.82) is 0 Å². The summed E-state index contributed by atoms with van der Waals surface area (Å²) in [5, 5.41) is 0. The molecule has 1 heterocycles. The summed E-state index contributed by atoms with van der Waals surface area (Å²) in [5.41, 5.74) is 0.365. The third kappa shape index (κ3) is 4.71. The van der Waals surface area contributed by atoms with E-state index in [2.05, 4.69) is 0 Å². The average Bonchev–Trinajstić information content (AvgIpc) is 2.65. The molecule has 1 atom stereocenters. The summed E-state index contributed by atoms with van der Waals surface area (Å²) >= 11 is 0. The lowest BCUT2D eigenvalue weighted by atomic mass is 9.92. The van der Waals surface area contributed by atoms with Gasteiger partial charge in [0.25, 0.3) is 0 Å². The predicted molar refractivity (Wildman–Crippen MR) is 95.6 cm³/mol. The van der Waals surface area contributed by atoms with Gasteiger partial charge in [-0.3, -0.25) is 4.79 Å². The molecule has 3 nitrogen and oxygen atoms in total. The van der Waals surface area contributed by atoms with Crippen LogP contribution in [0.4, 0.5) is 14.5 Å². The lowest BCUT2D eigenvalue weighted by Gasteiger charge is -2.37. The van der Waals surface area contributed by atoms with E-state index in [1.165, 1.54) is 31.4 Å². The quantitative estimate of drug-likeness (QED) is 0.712. The van der Waals surface area contributed by atoms with Gasteiger partial charge < -0.3 is 9.80 Å². The fourth-order valence-corrected chi connectivity index (χ4v) is 4.31. The molecule has 0 spiro atoms. The third-order valence-electron chi connectivity index (χ3n) is 5.74. The van der Waals surface area contributed by atoms with Crippen LogP contribution in [0.1, 0.15) is 51.4 Å². The highest BCUT2D eigenvalue weighted by Crippen LogP contribution is 2.28. The summed E-state index contributed by atoms with van der Waals surface area (Å²) < 4.78 is 27.5. The number of benzene rings is 1. The first-order chi connectivity index (χ1) is 12.2. The van der Waals surface area contributed by atoms with E-state index in [9.17, 15) is 13.6 Å². The zero-order valence-electron chi connectivity index (χ0n) is 14.8. The van der Waals surface area contributed by atoms with Gasteiger partial charge in [-0.15, -0.1) is 0 Å². The summed E-state index contributed by atoms with van der Waals surface area (Å²) in [7, 11) is 0. The van der Waals surface area contributed by atoms with Gasteiger partial charge in [0, 0.05) is 31.7 Å². The largest absolute Gasteiger partial charge is 0.369 e.